The largest absolute Gasteiger partial charge is 0.460 e. The highest BCUT2D eigenvalue weighted by molar-refractivity contribution is 6.21. The van der Waals surface area contributed by atoms with Gasteiger partial charge in [0.1, 0.15) is 6.61 Å². The Kier molecular flexibility index (Phi) is 6.23. The van der Waals surface area contributed by atoms with Gasteiger partial charge in [-0.3, -0.25) is 19.3 Å². The molecule has 2 aromatic carbocycles. The molecule has 148 valence electrons. The zero-order valence-corrected chi connectivity index (χ0v) is 15.3. The van der Waals surface area contributed by atoms with Gasteiger partial charge in [0.15, 0.2) is 6.04 Å². The van der Waals surface area contributed by atoms with E-state index in [4.69, 9.17) is 10.3 Å². The van der Waals surface area contributed by atoms with E-state index in [0.29, 0.717) is 11.1 Å². The van der Waals surface area contributed by atoms with E-state index >= 15 is 0 Å². The quantitative estimate of drug-likeness (QED) is 0.241. The van der Waals surface area contributed by atoms with Gasteiger partial charge in [-0.25, -0.2) is 0 Å². The number of carbonyl (C=O) groups is 3. The van der Waals surface area contributed by atoms with Crippen LogP contribution >= 0.6 is 0 Å². The predicted octanol–water partition coefficient (Wildman–Crippen LogP) is 2.46. The molecule has 0 fully saturated rings. The molecule has 0 saturated carbocycles. The molecular weight excluding hydrogens is 376 g/mol. The van der Waals surface area contributed by atoms with Gasteiger partial charge < -0.3 is 9.84 Å². The second-order valence-corrected chi connectivity index (χ2v) is 6.41. The number of aliphatic hydroxyl groups excluding tert-OH is 1. The fraction of sp³-hybridized carbons (Fsp3) is 0.250. The lowest BCUT2D eigenvalue weighted by Gasteiger charge is -2.20. The van der Waals surface area contributed by atoms with E-state index in [-0.39, 0.29) is 19.6 Å². The third-order valence-electron chi connectivity index (χ3n) is 4.53. The first-order chi connectivity index (χ1) is 14.0. The molecule has 1 N–H and O–H groups in total. The van der Waals surface area contributed by atoms with Crippen molar-refractivity contribution in [1.29, 1.82) is 0 Å². The molecule has 0 radical (unpaired) electrons. The number of imide groups is 1. The summed E-state index contributed by atoms with van der Waals surface area (Å²) in [7, 11) is 0. The molecule has 29 heavy (non-hydrogen) atoms. The molecule has 1 aliphatic rings. The Balaban J connectivity index is 1.60. The number of hydrogen-bond donors (Lipinski definition) is 1. The van der Waals surface area contributed by atoms with Crippen molar-refractivity contribution in [2.45, 2.75) is 25.2 Å². The zero-order valence-electron chi connectivity index (χ0n) is 15.3. The van der Waals surface area contributed by atoms with E-state index in [2.05, 4.69) is 10.0 Å². The number of benzene rings is 2. The fourth-order valence-corrected chi connectivity index (χ4v) is 3.01. The molecule has 3 rings (SSSR count). The van der Waals surface area contributed by atoms with E-state index in [0.717, 1.165) is 10.5 Å². The Labute approximate surface area is 166 Å². The Morgan fingerprint density at radius 2 is 1.66 bits per heavy atom. The second-order valence-electron chi connectivity index (χ2n) is 6.41. The summed E-state index contributed by atoms with van der Waals surface area (Å²) in [5.74, 6) is -1.82. The number of esters is 1. The van der Waals surface area contributed by atoms with Gasteiger partial charge in [0, 0.05) is 11.5 Å². The Morgan fingerprint density at radius 1 is 1.07 bits per heavy atom. The lowest BCUT2D eigenvalue weighted by Crippen LogP contribution is -2.38. The molecule has 9 nitrogen and oxygen atoms in total. The SMILES string of the molecule is [N-]=[N+]=N[C@H](C(=O)OCc1ccccc1)[C@@H](O)CCN1C(=O)c2ccccc2C1=O. The third-order valence-corrected chi connectivity index (χ3v) is 4.53. The number of amides is 2. The first-order valence-corrected chi connectivity index (χ1v) is 8.91. The van der Waals surface area contributed by atoms with Crippen LogP contribution in [0.2, 0.25) is 0 Å². The Morgan fingerprint density at radius 3 is 2.24 bits per heavy atom. The Hall–Kier alpha value is -3.68. The van der Waals surface area contributed by atoms with Crippen LogP contribution in [0.25, 0.3) is 10.4 Å². The number of nitrogens with zero attached hydrogens (tertiary/aromatic N) is 4. The summed E-state index contributed by atoms with van der Waals surface area (Å²) in [5, 5.41) is 13.7. The summed E-state index contributed by atoms with van der Waals surface area (Å²) in [6.45, 7) is -0.167. The molecule has 9 heteroatoms. The maximum absolute atomic E-state index is 12.4. The van der Waals surface area contributed by atoms with E-state index in [9.17, 15) is 19.5 Å². The zero-order chi connectivity index (χ0) is 20.8. The maximum atomic E-state index is 12.4. The van der Waals surface area contributed by atoms with Crippen molar-refractivity contribution in [1.82, 2.24) is 4.90 Å². The summed E-state index contributed by atoms with van der Waals surface area (Å²) in [5.41, 5.74) is 10.0. The van der Waals surface area contributed by atoms with E-state index < -0.39 is 29.9 Å². The van der Waals surface area contributed by atoms with Gasteiger partial charge >= 0.3 is 5.97 Å². The summed E-state index contributed by atoms with van der Waals surface area (Å²) in [6.07, 6.45) is -1.56. The van der Waals surface area contributed by atoms with E-state index in [1.807, 2.05) is 6.07 Å². The van der Waals surface area contributed by atoms with Gasteiger partial charge in [0.2, 0.25) is 0 Å². The van der Waals surface area contributed by atoms with Crippen molar-refractivity contribution in [3.05, 3.63) is 81.7 Å². The van der Waals surface area contributed by atoms with Crippen molar-refractivity contribution in [2.24, 2.45) is 5.11 Å². The minimum absolute atomic E-state index is 0.0394. The van der Waals surface area contributed by atoms with Crippen LogP contribution in [0.1, 0.15) is 32.7 Å². The van der Waals surface area contributed by atoms with Crippen molar-refractivity contribution in [3.63, 3.8) is 0 Å². The van der Waals surface area contributed by atoms with Gasteiger partial charge in [-0.1, -0.05) is 47.6 Å². The van der Waals surface area contributed by atoms with Gasteiger partial charge in [0.25, 0.3) is 11.8 Å². The van der Waals surface area contributed by atoms with Crippen LogP contribution < -0.4 is 0 Å². The smallest absolute Gasteiger partial charge is 0.317 e. The third kappa shape index (κ3) is 4.43. The van der Waals surface area contributed by atoms with Crippen molar-refractivity contribution >= 4 is 17.8 Å². The van der Waals surface area contributed by atoms with Crippen molar-refractivity contribution in [3.8, 4) is 0 Å². The average molecular weight is 394 g/mol. The minimum Gasteiger partial charge on any atom is -0.460 e. The number of fused-ring (bicyclic) bond motifs is 1. The van der Waals surface area contributed by atoms with Crippen LogP contribution in [0.4, 0.5) is 0 Å². The number of carbonyl (C=O) groups excluding carboxylic acids is 3. The highest BCUT2D eigenvalue weighted by Gasteiger charge is 2.36. The molecule has 0 aromatic heterocycles. The number of rotatable bonds is 8. The van der Waals surface area contributed by atoms with E-state index in [1.165, 1.54) is 0 Å². The van der Waals surface area contributed by atoms with Gasteiger partial charge in [-0.05, 0) is 29.6 Å². The molecular formula is C20H18N4O5. The molecule has 0 unspecified atom stereocenters. The highest BCUT2D eigenvalue weighted by Crippen LogP contribution is 2.23. The maximum Gasteiger partial charge on any atom is 0.317 e. The Bertz CT molecular complexity index is 937. The fourth-order valence-electron chi connectivity index (χ4n) is 3.01. The number of ether oxygens (including phenoxy) is 1. The number of azide groups is 1. The van der Waals surface area contributed by atoms with Crippen LogP contribution in [-0.4, -0.2) is 46.5 Å². The normalized spacial score (nSPS) is 14.7. The highest BCUT2D eigenvalue weighted by atomic mass is 16.5. The lowest BCUT2D eigenvalue weighted by atomic mass is 10.1. The number of aliphatic hydroxyl groups is 1. The molecule has 0 saturated heterocycles. The molecule has 2 aromatic rings. The molecule has 0 spiro atoms. The molecule has 2 atom stereocenters. The van der Waals surface area contributed by atoms with Crippen LogP contribution in [0.3, 0.4) is 0 Å². The van der Waals surface area contributed by atoms with Crippen LogP contribution in [-0.2, 0) is 16.1 Å². The van der Waals surface area contributed by atoms with Crippen molar-refractivity contribution < 1.29 is 24.2 Å². The minimum atomic E-state index is -1.49. The summed E-state index contributed by atoms with van der Waals surface area (Å²) in [4.78, 5) is 40.6. The predicted molar refractivity (Wildman–Crippen MR) is 102 cm³/mol. The molecule has 1 aliphatic heterocycles. The first-order valence-electron chi connectivity index (χ1n) is 8.91. The van der Waals surface area contributed by atoms with Crippen molar-refractivity contribution in [2.75, 3.05) is 6.54 Å². The molecule has 0 bridgehead atoms. The average Bonchev–Trinajstić information content (AvgIpc) is 2.99. The van der Waals surface area contributed by atoms with Crippen LogP contribution in [0, 0.1) is 0 Å². The lowest BCUT2D eigenvalue weighted by molar-refractivity contribution is -0.149. The number of hydrogen-bond acceptors (Lipinski definition) is 6. The molecule has 0 aliphatic carbocycles. The molecule has 2 amide bonds. The van der Waals surface area contributed by atoms with Gasteiger partial charge in [-0.15, -0.1) is 0 Å². The standard InChI is InChI=1S/C20H18N4O5/c21-23-22-17(20(28)29-12-13-6-2-1-3-7-13)16(25)10-11-24-18(26)14-8-4-5-9-15(14)19(24)27/h1-9,16-17,25H,10-12H2/t16-,17-/m0/s1. The molecule has 1 heterocycles. The topological polar surface area (TPSA) is 133 Å². The van der Waals surface area contributed by atoms with Gasteiger partial charge in [-0.2, -0.15) is 0 Å². The summed E-state index contributed by atoms with van der Waals surface area (Å²) in [6, 6.07) is 13.8. The van der Waals surface area contributed by atoms with E-state index in [1.54, 1.807) is 48.5 Å². The monoisotopic (exact) mass is 394 g/mol. The summed E-state index contributed by atoms with van der Waals surface area (Å²) >= 11 is 0. The van der Waals surface area contributed by atoms with Crippen LogP contribution in [0.5, 0.6) is 0 Å². The van der Waals surface area contributed by atoms with Gasteiger partial charge in [0.05, 0.1) is 17.2 Å². The van der Waals surface area contributed by atoms with Crippen LogP contribution in [0.15, 0.2) is 59.7 Å². The first kappa shape index (κ1) is 20.1. The summed E-state index contributed by atoms with van der Waals surface area (Å²) < 4.78 is 5.12. The second kappa shape index (κ2) is 9.01.